The average Bonchev–Trinajstić information content (AvgIpc) is 2.64. The molecule has 0 heterocycles. The summed E-state index contributed by atoms with van der Waals surface area (Å²) < 4.78 is 32.1. The molecule has 0 aliphatic carbocycles. The molecular weight excluding hydrogens is 411 g/mol. The number of sulfonamides is 1. The summed E-state index contributed by atoms with van der Waals surface area (Å²) in [6.45, 7) is 2.10. The first-order valence-corrected chi connectivity index (χ1v) is 10.5. The summed E-state index contributed by atoms with van der Waals surface area (Å²) in [7, 11) is -3.54. The molecule has 6 nitrogen and oxygen atoms in total. The summed E-state index contributed by atoms with van der Waals surface area (Å²) in [6, 6.07) is 10.7. The van der Waals surface area contributed by atoms with E-state index in [9.17, 15) is 13.2 Å². The fraction of sp³-hybridized carbons (Fsp3) is 0.278. The van der Waals surface area contributed by atoms with E-state index in [4.69, 9.17) is 27.9 Å². The van der Waals surface area contributed by atoms with Crippen molar-refractivity contribution in [1.82, 2.24) is 4.72 Å². The molecule has 0 aromatic heterocycles. The molecule has 1 amide bonds. The molecule has 0 unspecified atom stereocenters. The molecule has 27 heavy (non-hydrogen) atoms. The number of anilines is 1. The first-order valence-electron chi connectivity index (χ1n) is 8.30. The summed E-state index contributed by atoms with van der Waals surface area (Å²) in [5, 5.41) is 3.22. The van der Waals surface area contributed by atoms with Crippen molar-refractivity contribution in [2.45, 2.75) is 24.7 Å². The number of para-hydroxylation sites is 1. The van der Waals surface area contributed by atoms with Crippen LogP contribution in [0.4, 0.5) is 5.69 Å². The van der Waals surface area contributed by atoms with Crippen LogP contribution in [0, 0.1) is 0 Å². The zero-order valence-corrected chi connectivity index (χ0v) is 17.0. The lowest BCUT2D eigenvalue weighted by Gasteiger charge is -2.11. The van der Waals surface area contributed by atoms with Gasteiger partial charge in [-0.25, -0.2) is 13.1 Å². The lowest BCUT2D eigenvalue weighted by Crippen LogP contribution is -2.24. The van der Waals surface area contributed by atoms with Crippen LogP contribution < -0.4 is 14.8 Å². The highest BCUT2D eigenvalue weighted by molar-refractivity contribution is 7.89. The number of benzene rings is 2. The van der Waals surface area contributed by atoms with Gasteiger partial charge in [-0.05, 0) is 42.8 Å². The fourth-order valence-corrected chi connectivity index (χ4v) is 3.69. The van der Waals surface area contributed by atoms with E-state index < -0.39 is 15.9 Å². The van der Waals surface area contributed by atoms with Gasteiger partial charge in [0.1, 0.15) is 5.75 Å². The highest BCUT2D eigenvalue weighted by Crippen LogP contribution is 2.29. The Hall–Kier alpha value is -1.80. The molecule has 146 valence electrons. The van der Waals surface area contributed by atoms with Crippen molar-refractivity contribution < 1.29 is 17.9 Å². The van der Waals surface area contributed by atoms with Gasteiger partial charge in [-0.2, -0.15) is 0 Å². The lowest BCUT2D eigenvalue weighted by atomic mass is 10.3. The summed E-state index contributed by atoms with van der Waals surface area (Å²) in [6.07, 6.45) is 1.67. The van der Waals surface area contributed by atoms with Crippen molar-refractivity contribution >= 4 is 44.8 Å². The van der Waals surface area contributed by atoms with Gasteiger partial charge in [-0.15, -0.1) is 0 Å². The van der Waals surface area contributed by atoms with Crippen LogP contribution in [0.25, 0.3) is 0 Å². The summed E-state index contributed by atoms with van der Waals surface area (Å²) in [5.74, 6) is -0.0779. The Kier molecular flexibility index (Phi) is 7.91. The first kappa shape index (κ1) is 21.5. The van der Waals surface area contributed by atoms with E-state index in [-0.39, 0.29) is 11.5 Å². The minimum absolute atomic E-state index is 0.137. The Bertz CT molecular complexity index is 866. The first-order chi connectivity index (χ1) is 12.8. The molecule has 0 saturated heterocycles. The summed E-state index contributed by atoms with van der Waals surface area (Å²) in [5.41, 5.74) is 0.314. The zero-order chi connectivity index (χ0) is 19.9. The smallest absolute Gasteiger partial charge is 0.262 e. The van der Waals surface area contributed by atoms with Crippen LogP contribution in [0.1, 0.15) is 19.8 Å². The van der Waals surface area contributed by atoms with Gasteiger partial charge in [0, 0.05) is 6.54 Å². The molecule has 0 aliphatic heterocycles. The summed E-state index contributed by atoms with van der Waals surface area (Å²) in [4.78, 5) is 12.1. The number of carbonyl (C=O) groups excluding carboxylic acids is 1. The molecule has 0 fully saturated rings. The van der Waals surface area contributed by atoms with Crippen LogP contribution >= 0.6 is 23.2 Å². The number of hydrogen-bond donors (Lipinski definition) is 2. The minimum atomic E-state index is -3.54. The normalized spacial score (nSPS) is 11.2. The van der Waals surface area contributed by atoms with E-state index in [0.717, 1.165) is 12.8 Å². The second-order valence-electron chi connectivity index (χ2n) is 5.66. The van der Waals surface area contributed by atoms with Crippen molar-refractivity contribution in [3.63, 3.8) is 0 Å². The molecule has 2 aromatic rings. The van der Waals surface area contributed by atoms with Gasteiger partial charge in [-0.1, -0.05) is 42.6 Å². The Morgan fingerprint density at radius 2 is 1.70 bits per heavy atom. The quantitative estimate of drug-likeness (QED) is 0.586. The molecule has 9 heteroatoms. The highest BCUT2D eigenvalue weighted by Gasteiger charge is 2.14. The van der Waals surface area contributed by atoms with E-state index in [1.165, 1.54) is 24.3 Å². The third-order valence-electron chi connectivity index (χ3n) is 3.55. The molecule has 0 bridgehead atoms. The van der Waals surface area contributed by atoms with Crippen molar-refractivity contribution in [3.8, 4) is 5.75 Å². The maximum atomic E-state index is 12.1. The van der Waals surface area contributed by atoms with E-state index in [1.54, 1.807) is 18.2 Å². The molecule has 0 saturated carbocycles. The van der Waals surface area contributed by atoms with Gasteiger partial charge in [0.2, 0.25) is 10.0 Å². The summed E-state index contributed by atoms with van der Waals surface area (Å²) >= 11 is 12.0. The van der Waals surface area contributed by atoms with Gasteiger partial charge >= 0.3 is 0 Å². The largest absolute Gasteiger partial charge is 0.484 e. The van der Waals surface area contributed by atoms with Gasteiger partial charge in [0.15, 0.2) is 6.61 Å². The number of ether oxygens (including phenoxy) is 1. The number of halogens is 2. The number of unbranched alkanes of at least 4 members (excludes halogenated alkanes) is 1. The molecule has 2 N–H and O–H groups in total. The number of amides is 1. The third-order valence-corrected chi connectivity index (χ3v) is 5.66. The predicted octanol–water partition coefficient (Wildman–Crippen LogP) is 4.09. The van der Waals surface area contributed by atoms with Gasteiger partial charge in [0.25, 0.3) is 5.91 Å². The van der Waals surface area contributed by atoms with Gasteiger partial charge in [-0.3, -0.25) is 4.79 Å². The van der Waals surface area contributed by atoms with E-state index in [0.29, 0.717) is 28.0 Å². The molecule has 0 atom stereocenters. The molecule has 2 rings (SSSR count). The Labute approximate surface area is 168 Å². The van der Waals surface area contributed by atoms with Crippen molar-refractivity contribution in [1.29, 1.82) is 0 Å². The van der Waals surface area contributed by atoms with Crippen LogP contribution in [0.15, 0.2) is 47.4 Å². The second-order valence-corrected chi connectivity index (χ2v) is 8.24. The average molecular weight is 431 g/mol. The molecule has 2 aromatic carbocycles. The minimum Gasteiger partial charge on any atom is -0.484 e. The van der Waals surface area contributed by atoms with E-state index >= 15 is 0 Å². The number of hydrogen-bond acceptors (Lipinski definition) is 4. The van der Waals surface area contributed by atoms with Gasteiger partial charge < -0.3 is 10.1 Å². The van der Waals surface area contributed by atoms with Crippen molar-refractivity contribution in [2.24, 2.45) is 0 Å². The number of carbonyl (C=O) groups is 1. The monoisotopic (exact) mass is 430 g/mol. The standard InChI is InChI=1S/C18H20Cl2N2O4S/c1-2-3-11-21-27(24,25)14-9-7-13(8-10-14)26-12-17(23)22-18-15(19)5-4-6-16(18)20/h4-10,21H,2-3,11-12H2,1H3,(H,22,23). The Morgan fingerprint density at radius 1 is 1.07 bits per heavy atom. The van der Waals surface area contributed by atoms with Crippen molar-refractivity contribution in [2.75, 3.05) is 18.5 Å². The van der Waals surface area contributed by atoms with Crippen molar-refractivity contribution in [3.05, 3.63) is 52.5 Å². The van der Waals surface area contributed by atoms with Crippen LogP contribution in [0.2, 0.25) is 10.0 Å². The Balaban J connectivity index is 1.92. The fourth-order valence-electron chi connectivity index (χ4n) is 2.12. The maximum absolute atomic E-state index is 12.1. The van der Waals surface area contributed by atoms with Crippen LogP contribution in [0.5, 0.6) is 5.75 Å². The SMILES string of the molecule is CCCCNS(=O)(=O)c1ccc(OCC(=O)Nc2c(Cl)cccc2Cl)cc1. The molecule has 0 radical (unpaired) electrons. The topological polar surface area (TPSA) is 84.5 Å². The zero-order valence-electron chi connectivity index (χ0n) is 14.7. The second kappa shape index (κ2) is 9.94. The van der Waals surface area contributed by atoms with Crippen LogP contribution in [0.3, 0.4) is 0 Å². The predicted molar refractivity (Wildman–Crippen MR) is 107 cm³/mol. The highest BCUT2D eigenvalue weighted by atomic mass is 35.5. The van der Waals surface area contributed by atoms with Crippen LogP contribution in [-0.2, 0) is 14.8 Å². The Morgan fingerprint density at radius 3 is 2.30 bits per heavy atom. The maximum Gasteiger partial charge on any atom is 0.262 e. The molecule has 0 aliphatic rings. The number of nitrogens with one attached hydrogen (secondary N) is 2. The van der Waals surface area contributed by atoms with E-state index in [2.05, 4.69) is 10.0 Å². The lowest BCUT2D eigenvalue weighted by molar-refractivity contribution is -0.118. The molecular formula is C18H20Cl2N2O4S. The third kappa shape index (κ3) is 6.39. The van der Waals surface area contributed by atoms with E-state index in [1.807, 2.05) is 6.92 Å². The van der Waals surface area contributed by atoms with Crippen LogP contribution in [-0.4, -0.2) is 27.5 Å². The van der Waals surface area contributed by atoms with Gasteiger partial charge in [0.05, 0.1) is 20.6 Å². The molecule has 0 spiro atoms. The number of rotatable bonds is 9.